The van der Waals surface area contributed by atoms with E-state index in [-0.39, 0.29) is 50.8 Å². The van der Waals surface area contributed by atoms with Gasteiger partial charge in [-0.15, -0.1) is 0 Å². The Morgan fingerprint density at radius 3 is 1.47 bits per heavy atom. The van der Waals surface area contributed by atoms with Crippen molar-refractivity contribution in [1.82, 2.24) is 10.2 Å². The summed E-state index contributed by atoms with van der Waals surface area (Å²) in [5, 5.41) is 12.4. The smallest absolute Gasteiger partial charge is 0.305 e. The molecule has 0 aliphatic rings. The van der Waals surface area contributed by atoms with E-state index in [1.165, 1.54) is 77.0 Å². The molecule has 0 saturated heterocycles. The number of ether oxygens (including phenoxy) is 2. The lowest BCUT2D eigenvalue weighted by Gasteiger charge is -2.28. The number of aliphatic hydroxyl groups is 1. The highest BCUT2D eigenvalue weighted by Crippen LogP contribution is 2.12. The van der Waals surface area contributed by atoms with Crippen LogP contribution in [0, 0.1) is 0 Å². The van der Waals surface area contributed by atoms with Crippen molar-refractivity contribution in [3.05, 3.63) is 0 Å². The monoisotopic (exact) mass is 642 g/mol. The zero-order valence-electron chi connectivity index (χ0n) is 29.3. The summed E-state index contributed by atoms with van der Waals surface area (Å²) in [6.07, 6.45) is 24.3. The quantitative estimate of drug-likeness (QED) is 0.0515. The fourth-order valence-corrected chi connectivity index (χ4v) is 5.44. The maximum absolute atomic E-state index is 13.5. The number of rotatable bonds is 34. The molecule has 0 heterocycles. The molecule has 0 aliphatic carbocycles. The summed E-state index contributed by atoms with van der Waals surface area (Å²) in [6.45, 7) is 5.88. The molecule has 0 fully saturated rings. The molecule has 1 unspecified atom stereocenters. The van der Waals surface area contributed by atoms with Crippen LogP contribution >= 0.6 is 0 Å². The van der Waals surface area contributed by atoms with Gasteiger partial charge in [-0.25, -0.2) is 0 Å². The van der Waals surface area contributed by atoms with Crippen molar-refractivity contribution in [3.63, 3.8) is 0 Å². The van der Waals surface area contributed by atoms with Gasteiger partial charge in [0.1, 0.15) is 13.2 Å². The van der Waals surface area contributed by atoms with Crippen LogP contribution in [0.4, 0.5) is 0 Å². The Kier molecular flexibility index (Phi) is 32.4. The van der Waals surface area contributed by atoms with Gasteiger partial charge in [-0.05, 0) is 32.2 Å². The lowest BCUT2D eigenvalue weighted by Crippen LogP contribution is -2.49. The number of hydrogen-bond donors (Lipinski definition) is 3. The molecule has 0 saturated carbocycles. The van der Waals surface area contributed by atoms with E-state index in [1.54, 1.807) is 4.90 Å². The first-order valence-electron chi connectivity index (χ1n) is 18.6. The second-order valence-corrected chi connectivity index (χ2v) is 12.4. The van der Waals surface area contributed by atoms with Gasteiger partial charge in [-0.3, -0.25) is 14.4 Å². The molecule has 9 nitrogen and oxygen atoms in total. The predicted molar refractivity (Wildman–Crippen MR) is 184 cm³/mol. The Morgan fingerprint density at radius 2 is 1.07 bits per heavy atom. The summed E-state index contributed by atoms with van der Waals surface area (Å²) in [5.41, 5.74) is 5.65. The van der Waals surface area contributed by atoms with Crippen LogP contribution in [-0.4, -0.2) is 79.9 Å². The standard InChI is InChI=1S/C36H71N3O6/c1-3-5-7-9-11-13-15-17-19-24-34(41)44-31-28-39(36(43)33(38-27-30-40)23-21-22-26-37)29-32-45-35(42)25-20-18-16-14-12-10-8-6-4-2/h33,38,40H,3-32,37H2,1-2H3. The normalized spacial score (nSPS) is 11.8. The van der Waals surface area contributed by atoms with E-state index in [0.29, 0.717) is 32.4 Å². The third-order valence-corrected chi connectivity index (χ3v) is 8.28. The summed E-state index contributed by atoms with van der Waals surface area (Å²) >= 11 is 0. The van der Waals surface area contributed by atoms with Crippen molar-refractivity contribution in [2.75, 3.05) is 46.0 Å². The Bertz CT molecular complexity index is 654. The Hall–Kier alpha value is -1.71. The number of nitrogens with one attached hydrogen (secondary N) is 1. The van der Waals surface area contributed by atoms with Gasteiger partial charge in [0.2, 0.25) is 5.91 Å². The molecule has 0 aromatic carbocycles. The maximum atomic E-state index is 13.5. The lowest BCUT2D eigenvalue weighted by molar-refractivity contribution is -0.148. The SMILES string of the molecule is CCCCCCCCCCCC(=O)OCCN(CCOC(=O)CCCCCCCCCCC)C(=O)C(CCCCN)NCCO. The van der Waals surface area contributed by atoms with Crippen molar-refractivity contribution >= 4 is 17.8 Å². The van der Waals surface area contributed by atoms with Crippen LogP contribution in [0.3, 0.4) is 0 Å². The number of carbonyl (C=O) groups excluding carboxylic acids is 3. The first-order valence-corrected chi connectivity index (χ1v) is 18.6. The molecule has 0 aromatic rings. The topological polar surface area (TPSA) is 131 Å². The molecule has 0 bridgehead atoms. The first-order chi connectivity index (χ1) is 22.0. The van der Waals surface area contributed by atoms with E-state index in [0.717, 1.165) is 51.4 Å². The number of esters is 2. The molecule has 1 atom stereocenters. The minimum absolute atomic E-state index is 0.0758. The summed E-state index contributed by atoms with van der Waals surface area (Å²) in [6, 6.07) is -0.487. The van der Waals surface area contributed by atoms with Crippen molar-refractivity contribution in [2.24, 2.45) is 5.73 Å². The molecule has 0 aliphatic heterocycles. The van der Waals surface area contributed by atoms with Crippen LogP contribution in [0.1, 0.15) is 162 Å². The number of amides is 1. The zero-order chi connectivity index (χ0) is 33.2. The molecule has 0 rings (SSSR count). The van der Waals surface area contributed by atoms with Crippen LogP contribution in [0.25, 0.3) is 0 Å². The molecule has 4 N–H and O–H groups in total. The second kappa shape index (κ2) is 33.6. The minimum atomic E-state index is -0.487. The number of nitrogens with zero attached hydrogens (tertiary/aromatic N) is 1. The summed E-state index contributed by atoms with van der Waals surface area (Å²) in [7, 11) is 0. The highest BCUT2D eigenvalue weighted by Gasteiger charge is 2.24. The van der Waals surface area contributed by atoms with Crippen molar-refractivity contribution in [3.8, 4) is 0 Å². The number of nitrogens with two attached hydrogens (primary N) is 1. The molecular weight excluding hydrogens is 570 g/mol. The van der Waals surface area contributed by atoms with E-state index >= 15 is 0 Å². The molecule has 45 heavy (non-hydrogen) atoms. The zero-order valence-corrected chi connectivity index (χ0v) is 29.3. The highest BCUT2D eigenvalue weighted by atomic mass is 16.5. The second-order valence-electron chi connectivity index (χ2n) is 12.4. The number of unbranched alkanes of at least 4 members (excludes halogenated alkanes) is 17. The fourth-order valence-electron chi connectivity index (χ4n) is 5.44. The Balaban J connectivity index is 4.60. The lowest BCUT2D eigenvalue weighted by atomic mass is 10.1. The van der Waals surface area contributed by atoms with Gasteiger partial charge < -0.3 is 30.5 Å². The van der Waals surface area contributed by atoms with Crippen LogP contribution < -0.4 is 11.1 Å². The van der Waals surface area contributed by atoms with Gasteiger partial charge in [-0.1, -0.05) is 123 Å². The first kappa shape index (κ1) is 43.3. The minimum Gasteiger partial charge on any atom is -0.464 e. The van der Waals surface area contributed by atoms with E-state index in [1.807, 2.05) is 0 Å². The average molecular weight is 642 g/mol. The van der Waals surface area contributed by atoms with Gasteiger partial charge >= 0.3 is 11.9 Å². The van der Waals surface area contributed by atoms with E-state index in [9.17, 15) is 19.5 Å². The molecule has 0 radical (unpaired) electrons. The Morgan fingerprint density at radius 1 is 0.644 bits per heavy atom. The number of carbonyl (C=O) groups is 3. The van der Waals surface area contributed by atoms with Gasteiger partial charge in [0.05, 0.1) is 25.7 Å². The van der Waals surface area contributed by atoms with Gasteiger partial charge in [0.25, 0.3) is 0 Å². The molecule has 0 aromatic heterocycles. The molecule has 266 valence electrons. The van der Waals surface area contributed by atoms with Crippen LogP contribution in [-0.2, 0) is 23.9 Å². The van der Waals surface area contributed by atoms with Crippen LogP contribution in [0.2, 0.25) is 0 Å². The Labute approximate surface area is 276 Å². The van der Waals surface area contributed by atoms with E-state index in [2.05, 4.69) is 19.2 Å². The van der Waals surface area contributed by atoms with Crippen molar-refractivity contribution in [1.29, 1.82) is 0 Å². The third-order valence-electron chi connectivity index (χ3n) is 8.28. The van der Waals surface area contributed by atoms with E-state index in [4.69, 9.17) is 15.2 Å². The van der Waals surface area contributed by atoms with Crippen molar-refractivity contribution < 1.29 is 29.0 Å². The fraction of sp³-hybridized carbons (Fsp3) is 0.917. The average Bonchev–Trinajstić information content (AvgIpc) is 3.03. The number of aliphatic hydroxyl groups excluding tert-OH is 1. The number of hydrogen-bond acceptors (Lipinski definition) is 8. The van der Waals surface area contributed by atoms with Gasteiger partial charge in [-0.2, -0.15) is 0 Å². The maximum Gasteiger partial charge on any atom is 0.305 e. The van der Waals surface area contributed by atoms with Gasteiger partial charge in [0, 0.05) is 19.4 Å². The summed E-state index contributed by atoms with van der Waals surface area (Å²) in [4.78, 5) is 39.7. The van der Waals surface area contributed by atoms with Gasteiger partial charge in [0.15, 0.2) is 0 Å². The molecule has 0 spiro atoms. The third kappa shape index (κ3) is 28.3. The summed E-state index contributed by atoms with van der Waals surface area (Å²) in [5.74, 6) is -0.628. The molecular formula is C36H71N3O6. The molecule has 9 heteroatoms. The van der Waals surface area contributed by atoms with Crippen LogP contribution in [0.5, 0.6) is 0 Å². The van der Waals surface area contributed by atoms with Crippen molar-refractivity contribution in [2.45, 2.75) is 168 Å². The van der Waals surface area contributed by atoms with Crippen LogP contribution in [0.15, 0.2) is 0 Å². The summed E-state index contributed by atoms with van der Waals surface area (Å²) < 4.78 is 11.0. The molecule has 1 amide bonds. The van der Waals surface area contributed by atoms with E-state index < -0.39 is 6.04 Å². The predicted octanol–water partition coefficient (Wildman–Crippen LogP) is 6.82. The largest absolute Gasteiger partial charge is 0.464 e. The highest BCUT2D eigenvalue weighted by molar-refractivity contribution is 5.82.